The fourth-order valence-corrected chi connectivity index (χ4v) is 2.24. The molecule has 0 spiro atoms. The number of anilines is 1. The van der Waals surface area contributed by atoms with Crippen LogP contribution in [0.2, 0.25) is 0 Å². The van der Waals surface area contributed by atoms with Crippen LogP contribution in [0.5, 0.6) is 0 Å². The van der Waals surface area contributed by atoms with Gasteiger partial charge in [0, 0.05) is 17.3 Å². The molecule has 0 radical (unpaired) electrons. The third kappa shape index (κ3) is 2.36. The van der Waals surface area contributed by atoms with Crippen molar-refractivity contribution in [2.75, 3.05) is 5.32 Å². The molecule has 0 amide bonds. The maximum absolute atomic E-state index is 4.33. The van der Waals surface area contributed by atoms with Crippen LogP contribution < -0.4 is 5.32 Å². The van der Waals surface area contributed by atoms with Crippen LogP contribution in [0.15, 0.2) is 35.2 Å². The topological polar surface area (TPSA) is 24.9 Å². The molecule has 2 aromatic rings. The summed E-state index contributed by atoms with van der Waals surface area (Å²) in [5.74, 6) is 0. The summed E-state index contributed by atoms with van der Waals surface area (Å²) in [5, 5.41) is 7.73. The smallest absolute Gasteiger partial charge is 0.0657 e. The summed E-state index contributed by atoms with van der Waals surface area (Å²) >= 11 is 1.72. The van der Waals surface area contributed by atoms with Crippen LogP contribution in [0.25, 0.3) is 0 Å². The summed E-state index contributed by atoms with van der Waals surface area (Å²) in [7, 11) is 0. The lowest BCUT2D eigenvalue weighted by Gasteiger charge is -2.14. The van der Waals surface area contributed by atoms with E-state index in [1.807, 2.05) is 24.4 Å². The molecule has 2 rings (SSSR count). The fraction of sp³-hybridized carbons (Fsp3) is 0.250. The highest BCUT2D eigenvalue weighted by Crippen LogP contribution is 2.23. The summed E-state index contributed by atoms with van der Waals surface area (Å²) in [6.45, 7) is 4.24. The number of aryl methyl sites for hydroxylation is 1. The molecule has 2 aromatic heterocycles. The normalized spacial score (nSPS) is 12.4. The predicted octanol–water partition coefficient (Wildman–Crippen LogP) is 3.62. The first-order valence-corrected chi connectivity index (χ1v) is 5.92. The zero-order valence-corrected chi connectivity index (χ0v) is 9.71. The van der Waals surface area contributed by atoms with Crippen LogP contribution in [0, 0.1) is 6.92 Å². The molecule has 1 N–H and O–H groups in total. The Bertz CT molecular complexity index is 422. The third-order valence-corrected chi connectivity index (χ3v) is 3.22. The Labute approximate surface area is 94.0 Å². The lowest BCUT2D eigenvalue weighted by molar-refractivity contribution is 0.839. The van der Waals surface area contributed by atoms with E-state index in [1.54, 1.807) is 11.3 Å². The highest BCUT2D eigenvalue weighted by atomic mass is 32.1. The molecule has 78 valence electrons. The van der Waals surface area contributed by atoms with Gasteiger partial charge in [0.2, 0.25) is 0 Å². The summed E-state index contributed by atoms with van der Waals surface area (Å²) < 4.78 is 0. The molecule has 0 saturated heterocycles. The molecular formula is C12H14N2S. The molecule has 2 heterocycles. The number of aromatic nitrogens is 1. The predicted molar refractivity (Wildman–Crippen MR) is 65.3 cm³/mol. The van der Waals surface area contributed by atoms with E-state index in [-0.39, 0.29) is 6.04 Å². The Morgan fingerprint density at radius 1 is 1.33 bits per heavy atom. The Morgan fingerprint density at radius 2 is 2.20 bits per heavy atom. The van der Waals surface area contributed by atoms with Gasteiger partial charge in [-0.05, 0) is 36.9 Å². The zero-order chi connectivity index (χ0) is 10.7. The van der Waals surface area contributed by atoms with Gasteiger partial charge in [0.1, 0.15) is 0 Å². The van der Waals surface area contributed by atoms with Crippen molar-refractivity contribution in [3.63, 3.8) is 0 Å². The number of hydrogen-bond acceptors (Lipinski definition) is 3. The van der Waals surface area contributed by atoms with Crippen molar-refractivity contribution in [2.24, 2.45) is 0 Å². The van der Waals surface area contributed by atoms with Gasteiger partial charge in [-0.15, -0.1) is 11.3 Å². The second-order valence-electron chi connectivity index (χ2n) is 3.59. The summed E-state index contributed by atoms with van der Waals surface area (Å²) in [4.78, 5) is 4.33. The Hall–Kier alpha value is -1.35. The molecule has 0 aliphatic heterocycles. The van der Waals surface area contributed by atoms with Crippen LogP contribution in [0.4, 0.5) is 5.69 Å². The van der Waals surface area contributed by atoms with Gasteiger partial charge in [-0.3, -0.25) is 4.98 Å². The zero-order valence-electron chi connectivity index (χ0n) is 8.90. The molecule has 0 saturated carbocycles. The van der Waals surface area contributed by atoms with Gasteiger partial charge >= 0.3 is 0 Å². The summed E-state index contributed by atoms with van der Waals surface area (Å²) in [6, 6.07) is 6.24. The van der Waals surface area contributed by atoms with E-state index in [0.29, 0.717) is 0 Å². The van der Waals surface area contributed by atoms with Gasteiger partial charge in [-0.2, -0.15) is 0 Å². The van der Waals surface area contributed by atoms with Gasteiger partial charge in [0.25, 0.3) is 0 Å². The van der Waals surface area contributed by atoms with Crippen LogP contribution >= 0.6 is 11.3 Å². The van der Waals surface area contributed by atoms with Crippen LogP contribution in [0.3, 0.4) is 0 Å². The molecule has 1 unspecified atom stereocenters. The van der Waals surface area contributed by atoms with Gasteiger partial charge < -0.3 is 5.32 Å². The molecule has 1 atom stereocenters. The van der Waals surface area contributed by atoms with E-state index in [0.717, 1.165) is 5.69 Å². The van der Waals surface area contributed by atoms with Crippen molar-refractivity contribution in [2.45, 2.75) is 19.9 Å². The number of rotatable bonds is 3. The third-order valence-electron chi connectivity index (χ3n) is 2.36. The lowest BCUT2D eigenvalue weighted by atomic mass is 10.2. The molecule has 0 aliphatic carbocycles. The van der Waals surface area contributed by atoms with E-state index in [1.165, 1.54) is 11.3 Å². The van der Waals surface area contributed by atoms with Gasteiger partial charge in [0.15, 0.2) is 0 Å². The minimum absolute atomic E-state index is 0.250. The Kier molecular flexibility index (Phi) is 3.02. The average Bonchev–Trinajstić information content (AvgIpc) is 2.66. The second kappa shape index (κ2) is 4.45. The van der Waals surface area contributed by atoms with E-state index in [4.69, 9.17) is 0 Å². The van der Waals surface area contributed by atoms with Gasteiger partial charge in [-0.25, -0.2) is 0 Å². The number of hydrogen-bond donors (Lipinski definition) is 1. The minimum Gasteiger partial charge on any atom is -0.376 e. The maximum Gasteiger partial charge on any atom is 0.0657 e. The number of thiophene rings is 1. The Balaban J connectivity index is 2.11. The number of pyridine rings is 1. The molecular weight excluding hydrogens is 204 g/mol. The van der Waals surface area contributed by atoms with Gasteiger partial charge in [0.05, 0.1) is 11.7 Å². The number of nitrogens with zero attached hydrogens (tertiary/aromatic N) is 1. The van der Waals surface area contributed by atoms with Crippen molar-refractivity contribution < 1.29 is 0 Å². The van der Waals surface area contributed by atoms with Crippen LogP contribution in [-0.2, 0) is 0 Å². The summed E-state index contributed by atoms with van der Waals surface area (Å²) in [5.41, 5.74) is 3.57. The standard InChI is InChI=1S/C12H14N2S/c1-9-7-15-8-12(9)14-10(2)11-5-3-4-6-13-11/h3-8,10,14H,1-2H3. The summed E-state index contributed by atoms with van der Waals surface area (Å²) in [6.07, 6.45) is 1.83. The molecule has 0 bridgehead atoms. The molecule has 0 aliphatic rings. The quantitative estimate of drug-likeness (QED) is 0.851. The highest BCUT2D eigenvalue weighted by Gasteiger charge is 2.07. The SMILES string of the molecule is Cc1cscc1NC(C)c1ccccn1. The molecule has 0 fully saturated rings. The monoisotopic (exact) mass is 218 g/mol. The second-order valence-corrected chi connectivity index (χ2v) is 4.33. The lowest BCUT2D eigenvalue weighted by Crippen LogP contribution is -2.08. The van der Waals surface area contributed by atoms with Crippen molar-refractivity contribution in [1.82, 2.24) is 4.98 Å². The van der Waals surface area contributed by atoms with Crippen molar-refractivity contribution in [1.29, 1.82) is 0 Å². The molecule has 0 aromatic carbocycles. The minimum atomic E-state index is 0.250. The van der Waals surface area contributed by atoms with E-state index in [9.17, 15) is 0 Å². The average molecular weight is 218 g/mol. The Morgan fingerprint density at radius 3 is 2.80 bits per heavy atom. The molecule has 15 heavy (non-hydrogen) atoms. The fourth-order valence-electron chi connectivity index (χ4n) is 1.45. The first-order chi connectivity index (χ1) is 7.27. The van der Waals surface area contributed by atoms with Crippen LogP contribution in [0.1, 0.15) is 24.2 Å². The maximum atomic E-state index is 4.33. The van der Waals surface area contributed by atoms with Gasteiger partial charge in [-0.1, -0.05) is 6.07 Å². The first kappa shape index (κ1) is 10.2. The van der Waals surface area contributed by atoms with Crippen molar-refractivity contribution >= 4 is 17.0 Å². The highest BCUT2D eigenvalue weighted by molar-refractivity contribution is 7.08. The van der Waals surface area contributed by atoms with E-state index >= 15 is 0 Å². The van der Waals surface area contributed by atoms with E-state index < -0.39 is 0 Å². The molecule has 3 heteroatoms. The molecule has 2 nitrogen and oxygen atoms in total. The largest absolute Gasteiger partial charge is 0.376 e. The van der Waals surface area contributed by atoms with E-state index in [2.05, 4.69) is 34.9 Å². The van der Waals surface area contributed by atoms with Crippen LogP contribution in [-0.4, -0.2) is 4.98 Å². The van der Waals surface area contributed by atoms with Crippen molar-refractivity contribution in [3.05, 3.63) is 46.4 Å². The first-order valence-electron chi connectivity index (χ1n) is 4.97. The number of nitrogens with one attached hydrogen (secondary N) is 1. The van der Waals surface area contributed by atoms with Crippen molar-refractivity contribution in [3.8, 4) is 0 Å².